The lowest BCUT2D eigenvalue weighted by atomic mass is 10.0. The number of hydrogen-bond donors (Lipinski definition) is 1. The van der Waals surface area contributed by atoms with Crippen LogP contribution in [0.1, 0.15) is 174 Å². The summed E-state index contributed by atoms with van der Waals surface area (Å²) >= 11 is 0. The number of allylic oxidation sites excluding steroid dienone is 8. The van der Waals surface area contributed by atoms with E-state index in [1.165, 1.54) is 96.0 Å². The molecule has 0 saturated heterocycles. The third kappa shape index (κ3) is 41.6. The normalized spacial score (nSPS) is 13.9. The Hall–Kier alpha value is -2.36. The number of carbonyl (C=O) groups excluding carboxylic acids is 3. The Morgan fingerprint density at radius 2 is 1.12 bits per heavy atom. The van der Waals surface area contributed by atoms with Gasteiger partial charge in [0.25, 0.3) is 0 Å². The van der Waals surface area contributed by atoms with Crippen LogP contribution in [-0.4, -0.2) is 80.7 Å². The number of esters is 2. The average molecular weight is 825 g/mol. The molecule has 0 aliphatic heterocycles. The second kappa shape index (κ2) is 37.9. The van der Waals surface area contributed by atoms with E-state index >= 15 is 0 Å². The smallest absolute Gasteiger partial charge is 0.462 e. The van der Waals surface area contributed by atoms with E-state index in [1.807, 2.05) is 33.3 Å². The van der Waals surface area contributed by atoms with E-state index in [2.05, 4.69) is 38.2 Å². The Bertz CT molecular complexity index is 1170. The fourth-order valence-electron chi connectivity index (χ4n) is 5.79. The summed E-state index contributed by atoms with van der Waals surface area (Å²) in [6.07, 6.45) is 40.2. The van der Waals surface area contributed by atoms with E-state index < -0.39 is 32.5 Å². The van der Waals surface area contributed by atoms with E-state index in [9.17, 15) is 23.8 Å². The lowest BCUT2D eigenvalue weighted by Crippen LogP contribution is -2.37. The number of phosphoric acid groups is 1. The van der Waals surface area contributed by atoms with Crippen LogP contribution in [0.5, 0.6) is 0 Å². The minimum Gasteiger partial charge on any atom is -0.462 e. The van der Waals surface area contributed by atoms with Crippen molar-refractivity contribution in [3.8, 4) is 0 Å². The molecular formula is C46H83NO9P+. The zero-order valence-corrected chi connectivity index (χ0v) is 37.7. The molecule has 0 radical (unpaired) electrons. The fraction of sp³-hybridized carbons (Fsp3) is 0.761. The molecule has 330 valence electrons. The summed E-state index contributed by atoms with van der Waals surface area (Å²) in [6.45, 7) is 4.11. The van der Waals surface area contributed by atoms with Gasteiger partial charge in [0.1, 0.15) is 19.8 Å². The number of carbonyl (C=O) groups is 3. The maximum absolute atomic E-state index is 12.7. The van der Waals surface area contributed by atoms with Gasteiger partial charge >= 0.3 is 19.8 Å². The zero-order chi connectivity index (χ0) is 42.3. The van der Waals surface area contributed by atoms with Crippen LogP contribution in [0, 0.1) is 0 Å². The molecule has 0 aromatic rings. The molecule has 11 heteroatoms. The molecule has 1 unspecified atom stereocenters. The molecule has 2 atom stereocenters. The lowest BCUT2D eigenvalue weighted by Gasteiger charge is -2.24. The summed E-state index contributed by atoms with van der Waals surface area (Å²) in [7, 11) is 1.33. The molecule has 0 spiro atoms. The van der Waals surface area contributed by atoms with Gasteiger partial charge in [0.05, 0.1) is 27.7 Å². The number of ether oxygens (including phenoxy) is 2. The average Bonchev–Trinajstić information content (AvgIpc) is 3.15. The molecule has 0 aromatic heterocycles. The van der Waals surface area contributed by atoms with Crippen LogP contribution in [0.4, 0.5) is 0 Å². The third-order valence-corrected chi connectivity index (χ3v) is 10.3. The van der Waals surface area contributed by atoms with Gasteiger partial charge in [0.15, 0.2) is 11.9 Å². The van der Waals surface area contributed by atoms with Crippen LogP contribution in [0.3, 0.4) is 0 Å². The first-order valence-electron chi connectivity index (χ1n) is 22.3. The van der Waals surface area contributed by atoms with E-state index in [0.717, 1.165) is 38.5 Å². The van der Waals surface area contributed by atoms with Gasteiger partial charge in [0, 0.05) is 19.3 Å². The highest BCUT2D eigenvalue weighted by molar-refractivity contribution is 7.47. The number of ketones is 1. The number of nitrogens with zero attached hydrogens (tertiary/aromatic N) is 1. The van der Waals surface area contributed by atoms with Crippen LogP contribution in [0.15, 0.2) is 48.6 Å². The van der Waals surface area contributed by atoms with E-state index in [4.69, 9.17) is 18.5 Å². The summed E-state index contributed by atoms with van der Waals surface area (Å²) < 4.78 is 34.1. The maximum atomic E-state index is 12.7. The van der Waals surface area contributed by atoms with Gasteiger partial charge < -0.3 is 18.9 Å². The van der Waals surface area contributed by atoms with Crippen LogP contribution in [0.2, 0.25) is 0 Å². The number of hydrogen-bond acceptors (Lipinski definition) is 8. The largest absolute Gasteiger partial charge is 0.472 e. The Morgan fingerprint density at radius 3 is 1.72 bits per heavy atom. The molecule has 0 aliphatic carbocycles. The van der Waals surface area contributed by atoms with Crippen molar-refractivity contribution in [2.75, 3.05) is 47.5 Å². The highest BCUT2D eigenvalue weighted by atomic mass is 31.2. The molecule has 0 bridgehead atoms. The first kappa shape index (κ1) is 54.6. The molecule has 1 N–H and O–H groups in total. The molecule has 10 nitrogen and oxygen atoms in total. The van der Waals surface area contributed by atoms with Crippen LogP contribution >= 0.6 is 7.82 Å². The number of likely N-dealkylation sites (N-methyl/N-ethyl adjacent to an activating group) is 1. The zero-order valence-electron chi connectivity index (χ0n) is 36.8. The molecule has 0 amide bonds. The molecule has 0 saturated carbocycles. The summed E-state index contributed by atoms with van der Waals surface area (Å²) in [5.41, 5.74) is 0. The Morgan fingerprint density at radius 1 is 0.596 bits per heavy atom. The molecule has 0 heterocycles. The first-order valence-corrected chi connectivity index (χ1v) is 23.8. The molecule has 0 fully saturated rings. The number of quaternary nitrogens is 1. The van der Waals surface area contributed by atoms with Crippen LogP contribution in [0.25, 0.3) is 0 Å². The SMILES string of the molecule is CCCCC/C=C\C/C=C\C/C=C\C=C\C(=O)CCCC(=O)O[C@H](COC(=O)CCCCCCCCCCCCCCCCC)COP(=O)(O)OCC[N+](C)(C)C. The summed E-state index contributed by atoms with van der Waals surface area (Å²) in [5, 5.41) is 0. The van der Waals surface area contributed by atoms with Crippen molar-refractivity contribution in [1.29, 1.82) is 0 Å². The Kier molecular flexibility index (Phi) is 36.3. The van der Waals surface area contributed by atoms with Gasteiger partial charge in [-0.05, 0) is 44.6 Å². The van der Waals surface area contributed by atoms with Crippen molar-refractivity contribution >= 4 is 25.5 Å². The standard InChI is InChI=1S/C46H82NO9P/c1-6-8-10-12-14-16-18-20-21-23-25-27-29-31-33-37-45(49)53-41-44(42-55-57(51,52)54-40-39-47(3,4)5)56-46(50)38-34-36-43(48)35-32-30-28-26-24-22-19-17-15-13-11-9-7-2/h15,17,22,24,28,30,32,35,44H,6-14,16,18-21,23,25-27,29,31,33-34,36-42H2,1-5H3/p+1/b17-15-,24-22-,30-28-,35-32+/t44-/m1/s1. The van der Waals surface area contributed by atoms with E-state index in [-0.39, 0.29) is 44.7 Å². The van der Waals surface area contributed by atoms with Crippen molar-refractivity contribution in [2.24, 2.45) is 0 Å². The molecule has 0 aliphatic rings. The predicted molar refractivity (Wildman–Crippen MR) is 234 cm³/mol. The highest BCUT2D eigenvalue weighted by Gasteiger charge is 2.27. The second-order valence-electron chi connectivity index (χ2n) is 16.1. The summed E-state index contributed by atoms with van der Waals surface area (Å²) in [5.74, 6) is -1.17. The van der Waals surface area contributed by atoms with E-state index in [0.29, 0.717) is 17.4 Å². The highest BCUT2D eigenvalue weighted by Crippen LogP contribution is 2.43. The number of rotatable bonds is 40. The van der Waals surface area contributed by atoms with Gasteiger partial charge in [-0.3, -0.25) is 23.4 Å². The van der Waals surface area contributed by atoms with Crippen LogP contribution in [-0.2, 0) is 37.5 Å². The maximum Gasteiger partial charge on any atom is 0.472 e. The van der Waals surface area contributed by atoms with Crippen molar-refractivity contribution in [1.82, 2.24) is 0 Å². The minimum absolute atomic E-state index is 0.0115. The monoisotopic (exact) mass is 825 g/mol. The third-order valence-electron chi connectivity index (χ3n) is 9.34. The van der Waals surface area contributed by atoms with Crippen LogP contribution < -0.4 is 0 Å². The van der Waals surface area contributed by atoms with Crippen molar-refractivity contribution < 1.29 is 46.8 Å². The van der Waals surface area contributed by atoms with Gasteiger partial charge in [-0.1, -0.05) is 159 Å². The Balaban J connectivity index is 4.55. The Labute approximate surface area is 348 Å². The number of unbranched alkanes of at least 4 members (excludes halogenated alkanes) is 17. The van der Waals surface area contributed by atoms with Crippen molar-refractivity contribution in [2.45, 2.75) is 180 Å². The quantitative estimate of drug-likeness (QED) is 0.0122. The molecule has 57 heavy (non-hydrogen) atoms. The van der Waals surface area contributed by atoms with Crippen molar-refractivity contribution in [3.63, 3.8) is 0 Å². The first-order chi connectivity index (χ1) is 27.4. The van der Waals surface area contributed by atoms with E-state index in [1.54, 1.807) is 6.08 Å². The molecule has 0 aromatic carbocycles. The van der Waals surface area contributed by atoms with Gasteiger partial charge in [-0.25, -0.2) is 4.57 Å². The van der Waals surface area contributed by atoms with Gasteiger partial charge in [0.2, 0.25) is 0 Å². The molecule has 0 rings (SSSR count). The fourth-order valence-corrected chi connectivity index (χ4v) is 6.53. The minimum atomic E-state index is -4.44. The van der Waals surface area contributed by atoms with Gasteiger partial charge in [-0.2, -0.15) is 0 Å². The summed E-state index contributed by atoms with van der Waals surface area (Å²) in [4.78, 5) is 47.6. The predicted octanol–water partition coefficient (Wildman–Crippen LogP) is 11.9. The van der Waals surface area contributed by atoms with Crippen molar-refractivity contribution in [3.05, 3.63) is 48.6 Å². The number of phosphoric ester groups is 1. The molecular weight excluding hydrogens is 741 g/mol. The topological polar surface area (TPSA) is 125 Å². The van der Waals surface area contributed by atoms with Gasteiger partial charge in [-0.15, -0.1) is 0 Å². The lowest BCUT2D eigenvalue weighted by molar-refractivity contribution is -0.870. The second-order valence-corrected chi connectivity index (χ2v) is 17.6. The summed E-state index contributed by atoms with van der Waals surface area (Å²) in [6, 6.07) is 0.